The number of aliphatic hydroxyl groups is 5. The van der Waals surface area contributed by atoms with Crippen molar-refractivity contribution in [3.05, 3.63) is 141 Å². The lowest BCUT2D eigenvalue weighted by Gasteiger charge is -2.46. The number of alkyl carbamates (subject to hydrolysis) is 1. The van der Waals surface area contributed by atoms with Gasteiger partial charge in [0.05, 0.1) is 54.5 Å². The normalized spacial score (nSPS) is 26.3. The first kappa shape index (κ1) is 92.3. The standard InChI is InChI=1S/C84H101ClN12O28/c1-8-9-10-22-118-44-16-14-43(15-17-44)90-82(115)89-35-117-23-21-88-33-47-52(100)30-46-60(68(47)104)45-26-39(11-18-51(45)99)61-76(109)96-65(79(112)94-63(46)80(113)114)67(103)41-13-20-54(48(85)27-41)121-56-29-42-28-55(71(56)124-81-72(70(106)69(105)57(34-98)122-81)123-59-32-84(6)73(38(5)119-59)125-83(116)97-84)120-53-19-12-40(25-37(53)4)66(102)64(95-74(107)49(87-7)24-36(2)3)78(111)91-50(31-58(86)101)75(108)92-62(42)77(110)93-61/h11-20,25-30,36,38,49-50,57,59,61-67,69-70,72-73,81,87-88,98-100,102-106H,8-10,21-24,31-35H2,1-7H3,(H2,86,101)(H,91,111)(H,92,108)(H,93,110)(H,94,112)(H,95,107)(H,96,109)(H,97,116)(H,113,114)(H2,89,90,115)/t38-,49+,50-,57+,59-,61+,62+,63-,64+,65-,66+,67+,69+,70-,72+,73+,81-,84-/m0/s1. The maximum atomic E-state index is 16.4. The van der Waals surface area contributed by atoms with Gasteiger partial charge < -0.3 is 153 Å². The largest absolute Gasteiger partial charge is 0.507 e. The molecule has 0 aromatic heterocycles. The van der Waals surface area contributed by atoms with Crippen LogP contribution in [0.3, 0.4) is 0 Å². The molecular weight excluding hydrogens is 1660 g/mol. The van der Waals surface area contributed by atoms with Crippen LogP contribution in [0, 0.1) is 12.8 Å². The molecule has 8 aliphatic heterocycles. The molecule has 22 N–H and O–H groups in total. The maximum absolute atomic E-state index is 16.4. The van der Waals surface area contributed by atoms with Crippen LogP contribution in [0.5, 0.6) is 51.7 Å². The lowest BCUT2D eigenvalue weighted by atomic mass is 9.86. The van der Waals surface area contributed by atoms with E-state index in [1.54, 1.807) is 38.1 Å². The van der Waals surface area contributed by atoms with Crippen LogP contribution in [0.1, 0.15) is 142 Å². The van der Waals surface area contributed by atoms with Gasteiger partial charge in [-0.05, 0) is 153 Å². The number of carboxylic acids is 1. The zero-order valence-corrected chi connectivity index (χ0v) is 69.6. The van der Waals surface area contributed by atoms with Gasteiger partial charge in [0.25, 0.3) is 0 Å². The first-order chi connectivity index (χ1) is 59.5. The highest BCUT2D eigenvalue weighted by Gasteiger charge is 2.56. The summed E-state index contributed by atoms with van der Waals surface area (Å²) in [4.78, 5) is 145. The van der Waals surface area contributed by atoms with Gasteiger partial charge in [0, 0.05) is 41.9 Å². The highest BCUT2D eigenvalue weighted by molar-refractivity contribution is 6.32. The second kappa shape index (κ2) is 39.9. The first-order valence-electron chi connectivity index (χ1n) is 40.4. The lowest BCUT2D eigenvalue weighted by Crippen LogP contribution is -2.63. The van der Waals surface area contributed by atoms with Crippen molar-refractivity contribution < 1.29 is 137 Å². The number of hydrogen-bond donors (Lipinski definition) is 21. The van der Waals surface area contributed by atoms with E-state index in [0.29, 0.717) is 18.0 Å². The highest BCUT2D eigenvalue weighted by Crippen LogP contribution is 2.51. The van der Waals surface area contributed by atoms with Gasteiger partial charge in [0.2, 0.25) is 53.4 Å². The number of aliphatic carboxylic acids is 1. The van der Waals surface area contributed by atoms with Crippen molar-refractivity contribution in [2.24, 2.45) is 11.7 Å². The number of unbranched alkanes of at least 4 members (excludes halogenated alkanes) is 2. The van der Waals surface area contributed by atoms with E-state index in [4.69, 9.17) is 60.0 Å². The summed E-state index contributed by atoms with van der Waals surface area (Å²) in [6, 6.07) is 5.02. The third-order valence-electron chi connectivity index (χ3n) is 22.0. The number of carbonyl (C=O) groups is 10. The SMILES string of the molecule is CCCCCOc1ccc(NC(=O)NCOCCNCc2c(O)cc3c(c2O)-c2cc(ccc2O)[C@H]2NC(=O)[C@@H]4NC(=O)[C@H](CC(N)=O)NC(=O)[C@H](NC(=O)[C@@H](CC(C)C)NC)[C@H](O)c5ccc(c(C)c5)Oc5cc4cc(c5O[C@@H]4O[C@H](CO)[C@@H](O)[C@H](O)[C@H]4O[C@H]4C[C@]5(C)NC(=O)O[C@@H]5[C@H](C)O4)Oc4ccc(cc4Cl)[C@@H](O)[C@H](NC2=O)C(=O)N[C@@H]3C(=O)O)cc1. The molecule has 0 saturated carbocycles. The summed E-state index contributed by atoms with van der Waals surface area (Å²) in [6.07, 6.45) is -15.8. The molecule has 14 rings (SSSR count). The van der Waals surface area contributed by atoms with Crippen molar-refractivity contribution in [2.75, 3.05) is 45.5 Å². The molecule has 41 heteroatoms. The number of carboxylic acid groups (broad SMARTS) is 1. The molecule has 3 fully saturated rings. The highest BCUT2D eigenvalue weighted by atomic mass is 35.5. The van der Waals surface area contributed by atoms with Crippen LogP contribution in [0.2, 0.25) is 5.02 Å². The first-order valence-corrected chi connectivity index (χ1v) is 40.8. The van der Waals surface area contributed by atoms with E-state index in [2.05, 4.69) is 65.4 Å². The fourth-order valence-electron chi connectivity index (χ4n) is 15.5. The van der Waals surface area contributed by atoms with Gasteiger partial charge in [-0.25, -0.2) is 14.4 Å². The van der Waals surface area contributed by atoms with Crippen LogP contribution >= 0.6 is 11.6 Å². The van der Waals surface area contributed by atoms with Crippen LogP contribution in [0.25, 0.3) is 11.1 Å². The fraction of sp³-hybridized carbons (Fsp3) is 0.452. The van der Waals surface area contributed by atoms with Gasteiger partial charge in [0.15, 0.2) is 36.0 Å². The molecule has 8 aliphatic rings. The van der Waals surface area contributed by atoms with Crippen molar-refractivity contribution in [1.29, 1.82) is 0 Å². The number of phenols is 3. The number of aryl methyl sites for hydroxylation is 1. The van der Waals surface area contributed by atoms with Crippen LogP contribution in [-0.2, 0) is 68.6 Å². The van der Waals surface area contributed by atoms with Crippen LogP contribution in [-0.4, -0.2) is 224 Å². The minimum Gasteiger partial charge on any atom is -0.507 e. The number of nitrogens with two attached hydrogens (primary N) is 1. The second-order valence-corrected chi connectivity index (χ2v) is 32.1. The van der Waals surface area contributed by atoms with Crippen molar-refractivity contribution in [1.82, 2.24) is 53.2 Å². The summed E-state index contributed by atoms with van der Waals surface area (Å²) in [5.41, 5.74) is 1.99. The van der Waals surface area contributed by atoms with E-state index in [1.807, 2.05) is 13.8 Å². The molecule has 10 amide bonds. The number of aromatic hydroxyl groups is 3. The second-order valence-electron chi connectivity index (χ2n) is 31.7. The van der Waals surface area contributed by atoms with E-state index in [-0.39, 0.29) is 66.6 Å². The van der Waals surface area contributed by atoms with E-state index < -0.39 is 261 Å². The van der Waals surface area contributed by atoms with Gasteiger partial charge >= 0.3 is 18.1 Å². The minimum atomic E-state index is -2.37. The van der Waals surface area contributed by atoms with Crippen molar-refractivity contribution in [2.45, 2.75) is 196 Å². The molecule has 0 aliphatic carbocycles. The predicted octanol–water partition coefficient (Wildman–Crippen LogP) is 3.00. The molecule has 6 aromatic carbocycles. The number of ether oxygens (including phenoxy) is 9. The van der Waals surface area contributed by atoms with Gasteiger partial charge in [0.1, 0.15) is 102 Å². The van der Waals surface area contributed by atoms with Gasteiger partial charge in [-0.1, -0.05) is 63.4 Å². The summed E-state index contributed by atoms with van der Waals surface area (Å²) in [5, 5.41) is 135. The van der Waals surface area contributed by atoms with E-state index >= 15 is 24.0 Å². The molecule has 125 heavy (non-hydrogen) atoms. The number of urea groups is 1. The molecule has 6 aromatic rings. The Labute approximate surface area is 720 Å². The van der Waals surface area contributed by atoms with Crippen molar-refractivity contribution in [3.63, 3.8) is 0 Å². The molecule has 0 spiro atoms. The Hall–Kier alpha value is -11.9. The number of carbonyl (C=O) groups excluding carboxylic acids is 9. The average molecular weight is 1760 g/mol. The van der Waals surface area contributed by atoms with Crippen LogP contribution < -0.4 is 83.2 Å². The van der Waals surface area contributed by atoms with E-state index in [1.165, 1.54) is 32.2 Å². The Bertz CT molecular complexity index is 5050. The monoisotopic (exact) mass is 1760 g/mol. The van der Waals surface area contributed by atoms with Crippen molar-refractivity contribution >= 4 is 76.7 Å². The van der Waals surface area contributed by atoms with E-state index in [0.717, 1.165) is 73.9 Å². The molecule has 40 nitrogen and oxygen atoms in total. The zero-order valence-electron chi connectivity index (χ0n) is 68.9. The molecule has 18 atom stereocenters. The molecule has 672 valence electrons. The third-order valence-corrected chi connectivity index (χ3v) is 22.3. The number of benzene rings is 6. The lowest BCUT2D eigenvalue weighted by molar-refractivity contribution is -0.332. The molecular formula is C84H101ClN12O28. The van der Waals surface area contributed by atoms with Gasteiger partial charge in [-0.15, -0.1) is 0 Å². The summed E-state index contributed by atoms with van der Waals surface area (Å²) in [6.45, 7) is 9.17. The number of phenolic OH excluding ortho intramolecular Hbond substituents is 3. The Balaban J connectivity index is 0.984. The van der Waals surface area contributed by atoms with Crippen molar-refractivity contribution in [3.8, 4) is 62.9 Å². The number of aliphatic hydroxyl groups excluding tert-OH is 5. The number of anilines is 1. The number of likely N-dealkylation sites (N-methyl/N-ethyl adjacent to an activating group) is 1. The zero-order chi connectivity index (χ0) is 90.2. The van der Waals surface area contributed by atoms with Gasteiger partial charge in [-0.2, -0.15) is 0 Å². The molecule has 11 bridgehead atoms. The summed E-state index contributed by atoms with van der Waals surface area (Å²) >= 11 is 7.17. The summed E-state index contributed by atoms with van der Waals surface area (Å²) in [5.74, 6) is -15.3. The minimum absolute atomic E-state index is 0.0383. The number of hydrogen-bond acceptors (Lipinski definition) is 29. The van der Waals surface area contributed by atoms with Gasteiger partial charge in [-0.3, -0.25) is 33.6 Å². The Morgan fingerprint density at radius 2 is 1.42 bits per heavy atom. The smallest absolute Gasteiger partial charge is 0.408 e. The molecule has 8 heterocycles. The number of amides is 10. The number of fused-ring (bicyclic) bond motifs is 16. The number of rotatable bonds is 26. The predicted molar refractivity (Wildman–Crippen MR) is 438 cm³/mol. The summed E-state index contributed by atoms with van der Waals surface area (Å²) in [7, 11) is 1.48. The molecule has 0 radical (unpaired) electrons. The number of primary amides is 1. The van der Waals surface area contributed by atoms with Crippen LogP contribution in [0.15, 0.2) is 97.1 Å². The maximum Gasteiger partial charge on any atom is 0.408 e. The molecule has 0 unspecified atom stereocenters. The molecule has 3 saturated heterocycles. The number of nitrogens with one attached hydrogen (secondary N) is 11. The van der Waals surface area contributed by atoms with Crippen LogP contribution in [0.4, 0.5) is 15.3 Å². The number of halogens is 1. The topological polar surface area (TPSA) is 594 Å². The third kappa shape index (κ3) is 21.2. The average Bonchev–Trinajstić information content (AvgIpc) is 1.72. The Morgan fingerprint density at radius 1 is 0.736 bits per heavy atom. The quantitative estimate of drug-likeness (QED) is 0.0274. The Morgan fingerprint density at radius 3 is 2.09 bits per heavy atom. The fourth-order valence-corrected chi connectivity index (χ4v) is 15.7. The Kier molecular flexibility index (Phi) is 29.5. The summed E-state index contributed by atoms with van der Waals surface area (Å²) < 4.78 is 56.2. The van der Waals surface area contributed by atoms with E-state index in [9.17, 15) is 69.9 Å².